The van der Waals surface area contributed by atoms with Gasteiger partial charge in [0.2, 0.25) is 5.91 Å². The monoisotopic (exact) mass is 265 g/mol. The Balaban J connectivity index is 2.87. The molecule has 1 atom stereocenters. The van der Waals surface area contributed by atoms with Crippen molar-refractivity contribution in [1.82, 2.24) is 10.3 Å². The van der Waals surface area contributed by atoms with Crippen molar-refractivity contribution < 1.29 is 9.59 Å². The third kappa shape index (κ3) is 4.13. The molecule has 7 nitrogen and oxygen atoms in total. The molecular weight excluding hydrogens is 246 g/mol. The Morgan fingerprint density at radius 1 is 1.32 bits per heavy atom. The molecule has 1 aromatic heterocycles. The molecule has 0 radical (unpaired) electrons. The van der Waals surface area contributed by atoms with Crippen molar-refractivity contribution in [3.05, 3.63) is 17.8 Å². The highest BCUT2D eigenvalue weighted by atomic mass is 16.2. The number of aromatic nitrogens is 1. The standard InChI is InChI=1S/C12H19N5O2/c1-6(2)16-12(19)7(3)17-11-9(10(14)18)4-8(13)5-15-11/h4-7H,13H2,1-3H3,(H2,14,18)(H,15,17)(H,16,19). The molecule has 0 bridgehead atoms. The number of carbonyl (C=O) groups is 2. The average molecular weight is 265 g/mol. The molecule has 7 heteroatoms. The number of anilines is 2. The van der Waals surface area contributed by atoms with E-state index in [2.05, 4.69) is 15.6 Å². The second kappa shape index (κ2) is 6.03. The molecule has 1 aromatic rings. The zero-order chi connectivity index (χ0) is 14.6. The predicted octanol–water partition coefficient (Wildman–Crippen LogP) is 0.0877. The van der Waals surface area contributed by atoms with Crippen LogP contribution in [0.2, 0.25) is 0 Å². The van der Waals surface area contributed by atoms with Crippen LogP contribution in [0.5, 0.6) is 0 Å². The van der Waals surface area contributed by atoms with Crippen LogP contribution in [-0.2, 0) is 4.79 Å². The van der Waals surface area contributed by atoms with Crippen LogP contribution in [-0.4, -0.2) is 28.9 Å². The quantitative estimate of drug-likeness (QED) is 0.600. The third-order valence-corrected chi connectivity index (χ3v) is 2.35. The molecule has 1 heterocycles. The summed E-state index contributed by atoms with van der Waals surface area (Å²) in [4.78, 5) is 27.0. The first-order valence-electron chi connectivity index (χ1n) is 5.93. The molecule has 6 N–H and O–H groups in total. The van der Waals surface area contributed by atoms with Crippen molar-refractivity contribution in [2.45, 2.75) is 32.9 Å². The van der Waals surface area contributed by atoms with Crippen LogP contribution < -0.4 is 22.1 Å². The number of amides is 2. The first-order valence-corrected chi connectivity index (χ1v) is 5.93. The molecule has 2 amide bonds. The molecule has 0 saturated heterocycles. The normalized spacial score (nSPS) is 12.0. The number of nitrogens with two attached hydrogens (primary N) is 2. The number of hydrogen-bond donors (Lipinski definition) is 4. The minimum absolute atomic E-state index is 0.0340. The molecule has 0 fully saturated rings. The highest BCUT2D eigenvalue weighted by molar-refractivity contribution is 5.99. The number of rotatable bonds is 5. The van der Waals surface area contributed by atoms with Gasteiger partial charge < -0.3 is 22.1 Å². The molecule has 0 aromatic carbocycles. The number of pyridine rings is 1. The van der Waals surface area contributed by atoms with Crippen molar-refractivity contribution in [1.29, 1.82) is 0 Å². The Kier molecular flexibility index (Phi) is 4.68. The second-order valence-electron chi connectivity index (χ2n) is 4.56. The van der Waals surface area contributed by atoms with Crippen LogP contribution in [0.1, 0.15) is 31.1 Å². The first-order chi connectivity index (χ1) is 8.81. The fourth-order valence-electron chi connectivity index (χ4n) is 1.46. The van der Waals surface area contributed by atoms with E-state index in [4.69, 9.17) is 11.5 Å². The summed E-state index contributed by atoms with van der Waals surface area (Å²) >= 11 is 0. The van der Waals surface area contributed by atoms with Crippen LogP contribution in [0.15, 0.2) is 12.3 Å². The zero-order valence-corrected chi connectivity index (χ0v) is 11.2. The third-order valence-electron chi connectivity index (χ3n) is 2.35. The van der Waals surface area contributed by atoms with Gasteiger partial charge in [-0.15, -0.1) is 0 Å². The van der Waals surface area contributed by atoms with Crippen LogP contribution in [0, 0.1) is 0 Å². The maximum atomic E-state index is 11.8. The van der Waals surface area contributed by atoms with Gasteiger partial charge in [0.1, 0.15) is 11.9 Å². The lowest BCUT2D eigenvalue weighted by Crippen LogP contribution is -2.41. The first kappa shape index (κ1) is 14.7. The summed E-state index contributed by atoms with van der Waals surface area (Å²) < 4.78 is 0. The van der Waals surface area contributed by atoms with E-state index in [-0.39, 0.29) is 23.3 Å². The smallest absolute Gasteiger partial charge is 0.252 e. The Labute approximate surface area is 111 Å². The molecule has 1 unspecified atom stereocenters. The van der Waals surface area contributed by atoms with Crippen molar-refractivity contribution in [2.24, 2.45) is 5.73 Å². The Bertz CT molecular complexity index is 487. The van der Waals surface area contributed by atoms with E-state index < -0.39 is 11.9 Å². The molecule has 0 aliphatic carbocycles. The van der Waals surface area contributed by atoms with Crippen molar-refractivity contribution >= 4 is 23.3 Å². The van der Waals surface area contributed by atoms with Gasteiger partial charge >= 0.3 is 0 Å². The predicted molar refractivity (Wildman–Crippen MR) is 73.5 cm³/mol. The Hall–Kier alpha value is -2.31. The number of carbonyl (C=O) groups excluding carboxylic acids is 2. The van der Waals surface area contributed by atoms with Crippen LogP contribution in [0.3, 0.4) is 0 Å². The van der Waals surface area contributed by atoms with Gasteiger partial charge in [-0.3, -0.25) is 9.59 Å². The maximum absolute atomic E-state index is 11.8. The molecule has 104 valence electrons. The van der Waals surface area contributed by atoms with Gasteiger partial charge in [0.25, 0.3) is 5.91 Å². The van der Waals surface area contributed by atoms with Crippen LogP contribution in [0.4, 0.5) is 11.5 Å². The van der Waals surface area contributed by atoms with E-state index in [9.17, 15) is 9.59 Å². The molecule has 19 heavy (non-hydrogen) atoms. The summed E-state index contributed by atoms with van der Waals surface area (Å²) in [6.45, 7) is 5.39. The summed E-state index contributed by atoms with van der Waals surface area (Å²) in [5, 5.41) is 5.60. The second-order valence-corrected chi connectivity index (χ2v) is 4.56. The molecular formula is C12H19N5O2. The van der Waals surface area contributed by atoms with Gasteiger partial charge in [-0.1, -0.05) is 0 Å². The van der Waals surface area contributed by atoms with Gasteiger partial charge in [-0.25, -0.2) is 4.98 Å². The van der Waals surface area contributed by atoms with E-state index in [1.54, 1.807) is 6.92 Å². The molecule has 0 spiro atoms. The zero-order valence-electron chi connectivity index (χ0n) is 11.2. The number of hydrogen-bond acceptors (Lipinski definition) is 5. The minimum Gasteiger partial charge on any atom is -0.397 e. The largest absolute Gasteiger partial charge is 0.397 e. The molecule has 1 rings (SSSR count). The highest BCUT2D eigenvalue weighted by Crippen LogP contribution is 2.15. The summed E-state index contributed by atoms with van der Waals surface area (Å²) in [6.07, 6.45) is 1.39. The number of nitrogen functional groups attached to an aromatic ring is 1. The maximum Gasteiger partial charge on any atom is 0.252 e. The van der Waals surface area contributed by atoms with Gasteiger partial charge in [0, 0.05) is 6.04 Å². The Morgan fingerprint density at radius 3 is 2.47 bits per heavy atom. The lowest BCUT2D eigenvalue weighted by Gasteiger charge is -2.17. The number of primary amides is 1. The van der Waals surface area contributed by atoms with E-state index in [1.165, 1.54) is 12.3 Å². The average Bonchev–Trinajstić information content (AvgIpc) is 2.30. The van der Waals surface area contributed by atoms with E-state index in [1.807, 2.05) is 13.8 Å². The fraction of sp³-hybridized carbons (Fsp3) is 0.417. The van der Waals surface area contributed by atoms with Crippen molar-refractivity contribution in [2.75, 3.05) is 11.1 Å². The summed E-state index contributed by atoms with van der Waals surface area (Å²) in [6, 6.07) is 0.911. The van der Waals surface area contributed by atoms with Crippen LogP contribution in [0.25, 0.3) is 0 Å². The van der Waals surface area contributed by atoms with E-state index in [0.29, 0.717) is 5.69 Å². The van der Waals surface area contributed by atoms with Crippen molar-refractivity contribution in [3.63, 3.8) is 0 Å². The lowest BCUT2D eigenvalue weighted by molar-refractivity contribution is -0.122. The topological polar surface area (TPSA) is 123 Å². The highest BCUT2D eigenvalue weighted by Gasteiger charge is 2.17. The van der Waals surface area contributed by atoms with Crippen LogP contribution >= 0.6 is 0 Å². The van der Waals surface area contributed by atoms with Crippen molar-refractivity contribution in [3.8, 4) is 0 Å². The fourth-order valence-corrected chi connectivity index (χ4v) is 1.46. The lowest BCUT2D eigenvalue weighted by atomic mass is 10.2. The minimum atomic E-state index is -0.654. The number of nitrogens with one attached hydrogen (secondary N) is 2. The molecule has 0 saturated carbocycles. The van der Waals surface area contributed by atoms with Gasteiger partial charge in [-0.2, -0.15) is 0 Å². The van der Waals surface area contributed by atoms with Gasteiger partial charge in [0.05, 0.1) is 17.4 Å². The van der Waals surface area contributed by atoms with Gasteiger partial charge in [0.15, 0.2) is 0 Å². The SMILES string of the molecule is CC(C)NC(=O)C(C)Nc1ncc(N)cc1C(N)=O. The Morgan fingerprint density at radius 2 is 1.95 bits per heavy atom. The van der Waals surface area contributed by atoms with E-state index in [0.717, 1.165) is 0 Å². The summed E-state index contributed by atoms with van der Waals surface area (Å²) in [5.41, 5.74) is 11.3. The molecule has 0 aliphatic rings. The summed E-state index contributed by atoms with van der Waals surface area (Å²) in [5.74, 6) is -0.601. The van der Waals surface area contributed by atoms with Gasteiger partial charge in [-0.05, 0) is 26.8 Å². The van der Waals surface area contributed by atoms with E-state index >= 15 is 0 Å². The molecule has 0 aliphatic heterocycles. The summed E-state index contributed by atoms with van der Waals surface area (Å²) in [7, 11) is 0. The number of nitrogens with zero attached hydrogens (tertiary/aromatic N) is 1.